The number of nitrogens with two attached hydrogens (primary N) is 1. The molecule has 4 aromatic rings. The number of pyridine rings is 2. The summed E-state index contributed by atoms with van der Waals surface area (Å²) in [5, 5.41) is 30.3. The first-order chi connectivity index (χ1) is 18.3. The molecule has 0 amide bonds. The van der Waals surface area contributed by atoms with E-state index in [1.165, 1.54) is 12.3 Å². The number of nitro benzene ring substituents is 2. The highest BCUT2D eigenvalue weighted by Gasteiger charge is 2.14. The summed E-state index contributed by atoms with van der Waals surface area (Å²) in [4.78, 5) is 26.7. The van der Waals surface area contributed by atoms with E-state index in [1.54, 1.807) is 12.3 Å². The van der Waals surface area contributed by atoms with Gasteiger partial charge in [-0.15, -0.1) is 0 Å². The van der Waals surface area contributed by atoms with Crippen LogP contribution < -0.4 is 10.5 Å². The molecule has 11 nitrogen and oxygen atoms in total. The maximum atomic E-state index is 13.6. The van der Waals surface area contributed by atoms with E-state index in [-0.39, 0.29) is 33.7 Å². The van der Waals surface area contributed by atoms with Gasteiger partial charge in [0, 0.05) is 30.6 Å². The molecule has 0 bridgehead atoms. The van der Waals surface area contributed by atoms with Crippen molar-refractivity contribution in [1.29, 1.82) is 0 Å². The molecule has 2 heterocycles. The standard InChI is InChI=1S/C11H7ClFN3O3.C6H5Cl2N.C6H4FNO3/c12-10-9(3-4-15-11(10)14)19-8-2-1-6(16(17)18)5-7(8)13;1-4-6(8)5(7)2-3-9-4;7-5-3-4(8(10)11)1-2-6(5)9/h1-5H,(H2,14,15);2-3H,1H3;1-3,9H. The minimum Gasteiger partial charge on any atom is -0.505 e. The molecule has 0 aliphatic rings. The molecule has 0 fully saturated rings. The molecule has 4 rings (SSSR count). The second kappa shape index (κ2) is 14.0. The van der Waals surface area contributed by atoms with Gasteiger partial charge in [-0.25, -0.2) is 13.8 Å². The number of phenols is 1. The number of aromatic hydroxyl groups is 1. The maximum absolute atomic E-state index is 13.6. The third kappa shape index (κ3) is 8.88. The Bertz CT molecular complexity index is 1490. The van der Waals surface area contributed by atoms with Gasteiger partial charge in [0.15, 0.2) is 28.9 Å². The predicted octanol–water partition coefficient (Wildman–Crippen LogP) is 7.29. The van der Waals surface area contributed by atoms with E-state index in [4.69, 9.17) is 50.4 Å². The van der Waals surface area contributed by atoms with Gasteiger partial charge in [0.2, 0.25) is 0 Å². The Morgan fingerprint density at radius 1 is 0.846 bits per heavy atom. The van der Waals surface area contributed by atoms with Gasteiger partial charge in [0.1, 0.15) is 10.8 Å². The van der Waals surface area contributed by atoms with Crippen LogP contribution in [-0.2, 0) is 0 Å². The maximum Gasteiger partial charge on any atom is 0.272 e. The number of phenolic OH excluding ortho intramolecular Hbond substituents is 1. The Morgan fingerprint density at radius 2 is 1.41 bits per heavy atom. The highest BCUT2D eigenvalue weighted by atomic mass is 35.5. The fourth-order valence-electron chi connectivity index (χ4n) is 2.45. The number of aryl methyl sites for hydroxylation is 1. The van der Waals surface area contributed by atoms with Crippen LogP contribution in [-0.4, -0.2) is 24.9 Å². The lowest BCUT2D eigenvalue weighted by molar-refractivity contribution is -0.385. The number of aromatic nitrogens is 2. The summed E-state index contributed by atoms with van der Waals surface area (Å²) in [6, 6.07) is 8.71. The summed E-state index contributed by atoms with van der Waals surface area (Å²) in [7, 11) is 0. The van der Waals surface area contributed by atoms with Crippen LogP contribution in [0.2, 0.25) is 15.1 Å². The fraction of sp³-hybridized carbons (Fsp3) is 0.0435. The molecule has 0 atom stereocenters. The van der Waals surface area contributed by atoms with Crippen molar-refractivity contribution in [2.75, 3.05) is 5.73 Å². The normalized spacial score (nSPS) is 9.90. The summed E-state index contributed by atoms with van der Waals surface area (Å²) in [6.45, 7) is 1.81. The number of benzene rings is 2. The van der Waals surface area contributed by atoms with E-state index >= 15 is 0 Å². The number of nitrogen functional groups attached to an aromatic ring is 1. The van der Waals surface area contributed by atoms with Crippen molar-refractivity contribution in [2.24, 2.45) is 0 Å². The van der Waals surface area contributed by atoms with E-state index in [1.807, 2.05) is 6.92 Å². The summed E-state index contributed by atoms with van der Waals surface area (Å²) in [5.41, 5.74) is 5.49. The van der Waals surface area contributed by atoms with Gasteiger partial charge >= 0.3 is 0 Å². The van der Waals surface area contributed by atoms with Crippen molar-refractivity contribution in [2.45, 2.75) is 6.92 Å². The van der Waals surface area contributed by atoms with Crippen molar-refractivity contribution >= 4 is 52.0 Å². The first kappa shape index (κ1) is 30.9. The number of ether oxygens (including phenoxy) is 1. The molecular weight excluding hydrogens is 587 g/mol. The summed E-state index contributed by atoms with van der Waals surface area (Å²) in [6.07, 6.45) is 2.98. The van der Waals surface area contributed by atoms with Gasteiger partial charge in [0.25, 0.3) is 11.4 Å². The number of nitrogens with zero attached hydrogens (tertiary/aromatic N) is 4. The van der Waals surface area contributed by atoms with Gasteiger partial charge in [-0.3, -0.25) is 25.2 Å². The molecule has 204 valence electrons. The minimum absolute atomic E-state index is 0.0419. The number of hydrogen-bond acceptors (Lipinski definition) is 9. The van der Waals surface area contributed by atoms with Crippen molar-refractivity contribution in [1.82, 2.24) is 9.97 Å². The van der Waals surface area contributed by atoms with Gasteiger partial charge in [-0.1, -0.05) is 34.8 Å². The van der Waals surface area contributed by atoms with Gasteiger partial charge in [0.05, 0.1) is 37.7 Å². The Morgan fingerprint density at radius 3 is 1.92 bits per heavy atom. The molecule has 0 radical (unpaired) electrons. The van der Waals surface area contributed by atoms with Crippen LogP contribution in [0.25, 0.3) is 0 Å². The minimum atomic E-state index is -0.987. The molecule has 0 unspecified atom stereocenters. The zero-order valence-corrected chi connectivity index (χ0v) is 21.8. The lowest BCUT2D eigenvalue weighted by Crippen LogP contribution is -1.95. The third-order valence-corrected chi connectivity index (χ3v) is 5.65. The van der Waals surface area contributed by atoms with Crippen molar-refractivity contribution in [3.05, 3.63) is 114 Å². The van der Waals surface area contributed by atoms with Crippen LogP contribution in [0.5, 0.6) is 17.2 Å². The predicted molar refractivity (Wildman–Crippen MR) is 141 cm³/mol. The Balaban J connectivity index is 0.000000226. The number of anilines is 1. The molecule has 0 saturated heterocycles. The second-order valence-electron chi connectivity index (χ2n) is 7.07. The van der Waals surface area contributed by atoms with Crippen LogP contribution in [0.4, 0.5) is 26.0 Å². The monoisotopic (exact) mass is 601 g/mol. The van der Waals surface area contributed by atoms with Gasteiger partial charge in [-0.05, 0) is 25.1 Å². The lowest BCUT2D eigenvalue weighted by atomic mass is 10.3. The Hall–Kier alpha value is -4.33. The average Bonchev–Trinajstić information content (AvgIpc) is 2.88. The average molecular weight is 603 g/mol. The van der Waals surface area contributed by atoms with Crippen LogP contribution in [0, 0.1) is 38.8 Å². The van der Waals surface area contributed by atoms with E-state index in [0.29, 0.717) is 16.1 Å². The van der Waals surface area contributed by atoms with Crippen LogP contribution in [0.1, 0.15) is 5.69 Å². The second-order valence-corrected chi connectivity index (χ2v) is 8.23. The topological polar surface area (TPSA) is 168 Å². The van der Waals surface area contributed by atoms with E-state index in [2.05, 4.69) is 9.97 Å². The van der Waals surface area contributed by atoms with Crippen LogP contribution >= 0.6 is 34.8 Å². The van der Waals surface area contributed by atoms with Gasteiger partial charge < -0.3 is 15.6 Å². The number of non-ortho nitro benzene ring substituents is 2. The third-order valence-electron chi connectivity index (χ3n) is 4.39. The molecule has 16 heteroatoms. The zero-order valence-electron chi connectivity index (χ0n) is 19.5. The molecule has 3 N–H and O–H groups in total. The van der Waals surface area contributed by atoms with E-state index in [9.17, 15) is 29.0 Å². The molecule has 0 saturated carbocycles. The van der Waals surface area contributed by atoms with E-state index < -0.39 is 27.2 Å². The van der Waals surface area contributed by atoms with Gasteiger partial charge in [-0.2, -0.15) is 0 Å². The molecule has 39 heavy (non-hydrogen) atoms. The summed E-state index contributed by atoms with van der Waals surface area (Å²) in [5.74, 6) is -2.49. The molecule has 2 aromatic carbocycles. The number of nitro groups is 2. The first-order valence-corrected chi connectivity index (χ1v) is 11.4. The Labute approximate surface area is 233 Å². The molecule has 2 aromatic heterocycles. The zero-order chi connectivity index (χ0) is 29.3. The molecule has 0 aliphatic carbocycles. The summed E-state index contributed by atoms with van der Waals surface area (Å²) < 4.78 is 31.2. The fourth-order valence-corrected chi connectivity index (χ4v) is 2.91. The largest absolute Gasteiger partial charge is 0.505 e. The first-order valence-electron chi connectivity index (χ1n) is 10.2. The Kier molecular flexibility index (Phi) is 11.1. The number of halogens is 5. The van der Waals surface area contributed by atoms with Crippen molar-refractivity contribution in [3.63, 3.8) is 0 Å². The van der Waals surface area contributed by atoms with Crippen molar-refractivity contribution in [3.8, 4) is 17.2 Å². The summed E-state index contributed by atoms with van der Waals surface area (Å²) >= 11 is 17.2. The smallest absolute Gasteiger partial charge is 0.272 e. The molecule has 0 aliphatic heterocycles. The molecular formula is C23H16Cl3F2N5O6. The number of rotatable bonds is 4. The highest BCUT2D eigenvalue weighted by Crippen LogP contribution is 2.34. The molecule has 0 spiro atoms. The van der Waals surface area contributed by atoms with Crippen molar-refractivity contribution < 1.29 is 28.5 Å². The lowest BCUT2D eigenvalue weighted by Gasteiger charge is -2.08. The van der Waals surface area contributed by atoms with Crippen LogP contribution in [0.15, 0.2) is 60.9 Å². The number of hydrogen-bond donors (Lipinski definition) is 2. The van der Waals surface area contributed by atoms with Crippen LogP contribution in [0.3, 0.4) is 0 Å². The SMILES string of the molecule is Cc1nccc(Cl)c1Cl.Nc1nccc(Oc2ccc([N+](=O)[O-])cc2F)c1Cl.O=[N+]([O-])c1ccc(O)c(F)c1. The van der Waals surface area contributed by atoms with E-state index in [0.717, 1.165) is 36.0 Å². The quantitative estimate of drug-likeness (QED) is 0.180. The highest BCUT2D eigenvalue weighted by molar-refractivity contribution is 6.42.